The zero-order valence-corrected chi connectivity index (χ0v) is 11.0. The van der Waals surface area contributed by atoms with Gasteiger partial charge in [-0.2, -0.15) is 0 Å². The number of benzene rings is 1. The molecule has 0 aliphatic carbocycles. The fraction of sp³-hybridized carbons (Fsp3) is 0.250. The van der Waals surface area contributed by atoms with E-state index in [4.69, 9.17) is 5.73 Å². The summed E-state index contributed by atoms with van der Waals surface area (Å²) in [4.78, 5) is 11.0. The van der Waals surface area contributed by atoms with Gasteiger partial charge in [-0.3, -0.25) is 4.79 Å². The van der Waals surface area contributed by atoms with Crippen molar-refractivity contribution in [1.29, 1.82) is 0 Å². The largest absolute Gasteiger partial charge is 0.369 e. The van der Waals surface area contributed by atoms with E-state index in [1.54, 1.807) is 6.92 Å². The maximum atomic E-state index is 11.0. The van der Waals surface area contributed by atoms with Crippen LogP contribution in [0.15, 0.2) is 35.5 Å². The Labute approximate surface area is 109 Å². The molecule has 2 N–H and O–H groups in total. The summed E-state index contributed by atoms with van der Waals surface area (Å²) in [6, 6.07) is 9.78. The molecule has 0 aliphatic rings. The molecule has 2 rings (SSSR count). The normalized spacial score (nSPS) is 12.3. The Morgan fingerprint density at radius 2 is 2.00 bits per heavy atom. The number of primary amides is 1. The summed E-state index contributed by atoms with van der Waals surface area (Å²) in [5.74, 6) is 0.416. The molecule has 6 heteroatoms. The van der Waals surface area contributed by atoms with E-state index in [1.807, 2.05) is 41.9 Å². The number of hydrogen-bond acceptors (Lipinski definition) is 4. The van der Waals surface area contributed by atoms with Gasteiger partial charge >= 0.3 is 0 Å². The van der Waals surface area contributed by atoms with Crippen molar-refractivity contribution < 1.29 is 4.79 Å². The molecule has 1 unspecified atom stereocenters. The summed E-state index contributed by atoms with van der Waals surface area (Å²) >= 11 is 1.31. The Balaban J connectivity index is 2.27. The minimum absolute atomic E-state index is 0.323. The summed E-state index contributed by atoms with van der Waals surface area (Å²) in [6.45, 7) is 1.75. The summed E-state index contributed by atoms with van der Waals surface area (Å²) in [6.07, 6.45) is 0. The second-order valence-electron chi connectivity index (χ2n) is 3.89. The highest BCUT2D eigenvalue weighted by Crippen LogP contribution is 2.25. The van der Waals surface area contributed by atoms with Crippen LogP contribution in [0.5, 0.6) is 0 Å². The molecule has 18 heavy (non-hydrogen) atoms. The summed E-state index contributed by atoms with van der Waals surface area (Å²) in [5, 5.41) is 8.58. The number of hydrogen-bond donors (Lipinski definition) is 1. The van der Waals surface area contributed by atoms with Crippen LogP contribution in [0.2, 0.25) is 0 Å². The molecule has 0 radical (unpaired) electrons. The molecule has 0 bridgehead atoms. The van der Waals surface area contributed by atoms with Crippen molar-refractivity contribution in [3.05, 3.63) is 30.3 Å². The van der Waals surface area contributed by atoms with Gasteiger partial charge in [-0.1, -0.05) is 42.1 Å². The topological polar surface area (TPSA) is 73.8 Å². The summed E-state index contributed by atoms with van der Waals surface area (Å²) in [7, 11) is 1.87. The van der Waals surface area contributed by atoms with E-state index < -0.39 is 0 Å². The molecule has 1 atom stereocenters. The molecule has 1 aromatic carbocycles. The van der Waals surface area contributed by atoms with Crippen LogP contribution in [-0.4, -0.2) is 25.9 Å². The van der Waals surface area contributed by atoms with Crippen LogP contribution in [-0.2, 0) is 11.8 Å². The average Bonchev–Trinajstić information content (AvgIpc) is 2.72. The van der Waals surface area contributed by atoms with E-state index in [0.717, 1.165) is 11.4 Å². The summed E-state index contributed by atoms with van der Waals surface area (Å²) < 4.78 is 1.86. The predicted octanol–water partition coefficient (Wildman–Crippen LogP) is 1.45. The zero-order chi connectivity index (χ0) is 13.1. The minimum Gasteiger partial charge on any atom is -0.369 e. The predicted molar refractivity (Wildman–Crippen MR) is 71.0 cm³/mol. The molecule has 0 spiro atoms. The molecule has 0 fully saturated rings. The number of nitrogens with zero attached hydrogens (tertiary/aromatic N) is 3. The number of aromatic nitrogens is 3. The van der Waals surface area contributed by atoms with Gasteiger partial charge in [-0.15, -0.1) is 10.2 Å². The van der Waals surface area contributed by atoms with Crippen LogP contribution in [0.4, 0.5) is 0 Å². The Bertz CT molecular complexity index is 552. The molecule has 94 valence electrons. The van der Waals surface area contributed by atoms with E-state index >= 15 is 0 Å². The van der Waals surface area contributed by atoms with Gasteiger partial charge in [0, 0.05) is 12.6 Å². The molecular formula is C12H14N4OS. The third-order valence-electron chi connectivity index (χ3n) is 2.55. The van der Waals surface area contributed by atoms with E-state index in [-0.39, 0.29) is 11.2 Å². The van der Waals surface area contributed by atoms with E-state index in [9.17, 15) is 4.79 Å². The van der Waals surface area contributed by atoms with E-state index in [1.165, 1.54) is 11.8 Å². The van der Waals surface area contributed by atoms with E-state index in [0.29, 0.717) is 5.16 Å². The van der Waals surface area contributed by atoms with Gasteiger partial charge in [0.1, 0.15) is 0 Å². The van der Waals surface area contributed by atoms with Gasteiger partial charge in [-0.25, -0.2) is 0 Å². The lowest BCUT2D eigenvalue weighted by Gasteiger charge is -2.06. The third-order valence-corrected chi connectivity index (χ3v) is 3.70. The van der Waals surface area contributed by atoms with Crippen molar-refractivity contribution in [2.75, 3.05) is 0 Å². The third kappa shape index (κ3) is 2.53. The number of amides is 1. The second-order valence-corrected chi connectivity index (χ2v) is 5.20. The molecule has 0 saturated carbocycles. The highest BCUT2D eigenvalue weighted by molar-refractivity contribution is 8.00. The van der Waals surface area contributed by atoms with Crippen molar-refractivity contribution in [2.45, 2.75) is 17.3 Å². The van der Waals surface area contributed by atoms with E-state index in [2.05, 4.69) is 10.2 Å². The molecule has 0 aliphatic heterocycles. The van der Waals surface area contributed by atoms with Gasteiger partial charge in [0.2, 0.25) is 5.91 Å². The number of carbonyl (C=O) groups is 1. The molecular weight excluding hydrogens is 248 g/mol. The first-order chi connectivity index (χ1) is 8.59. The Kier molecular flexibility index (Phi) is 3.66. The second kappa shape index (κ2) is 5.22. The van der Waals surface area contributed by atoms with Crippen molar-refractivity contribution >= 4 is 17.7 Å². The fourth-order valence-corrected chi connectivity index (χ4v) is 2.24. The average molecular weight is 262 g/mol. The quantitative estimate of drug-likeness (QED) is 0.846. The van der Waals surface area contributed by atoms with Gasteiger partial charge < -0.3 is 10.3 Å². The number of rotatable bonds is 4. The van der Waals surface area contributed by atoms with Gasteiger partial charge in [0.25, 0.3) is 0 Å². The summed E-state index contributed by atoms with van der Waals surface area (Å²) in [5.41, 5.74) is 6.23. The zero-order valence-electron chi connectivity index (χ0n) is 10.2. The first-order valence-corrected chi connectivity index (χ1v) is 6.38. The molecule has 1 heterocycles. The maximum Gasteiger partial charge on any atom is 0.230 e. The van der Waals surface area contributed by atoms with Crippen molar-refractivity contribution in [1.82, 2.24) is 14.8 Å². The highest BCUT2D eigenvalue weighted by Gasteiger charge is 2.16. The molecule has 0 saturated heterocycles. The number of nitrogens with two attached hydrogens (primary N) is 1. The SMILES string of the molecule is CC(Sc1nnc(-c2ccccc2)n1C)C(N)=O. The highest BCUT2D eigenvalue weighted by atomic mass is 32.2. The van der Waals surface area contributed by atoms with Crippen molar-refractivity contribution in [3.63, 3.8) is 0 Å². The Hall–Kier alpha value is -1.82. The number of thioether (sulfide) groups is 1. The Morgan fingerprint density at radius 3 is 2.61 bits per heavy atom. The Morgan fingerprint density at radius 1 is 1.33 bits per heavy atom. The van der Waals surface area contributed by atoms with Crippen LogP contribution < -0.4 is 5.73 Å². The van der Waals surface area contributed by atoms with Crippen LogP contribution in [0.3, 0.4) is 0 Å². The number of carbonyl (C=O) groups excluding carboxylic acids is 1. The minimum atomic E-state index is -0.357. The lowest BCUT2D eigenvalue weighted by Crippen LogP contribution is -2.22. The first-order valence-electron chi connectivity index (χ1n) is 5.50. The fourth-order valence-electron chi connectivity index (χ4n) is 1.47. The first kappa shape index (κ1) is 12.6. The molecule has 1 aromatic heterocycles. The van der Waals surface area contributed by atoms with Crippen LogP contribution in [0.1, 0.15) is 6.92 Å². The van der Waals surface area contributed by atoms with Crippen molar-refractivity contribution in [2.24, 2.45) is 12.8 Å². The van der Waals surface area contributed by atoms with Gasteiger partial charge in [0.05, 0.1) is 5.25 Å². The smallest absolute Gasteiger partial charge is 0.230 e. The van der Waals surface area contributed by atoms with Crippen LogP contribution in [0.25, 0.3) is 11.4 Å². The maximum absolute atomic E-state index is 11.0. The lowest BCUT2D eigenvalue weighted by molar-refractivity contribution is -0.117. The lowest BCUT2D eigenvalue weighted by atomic mass is 10.2. The van der Waals surface area contributed by atoms with Gasteiger partial charge in [0.15, 0.2) is 11.0 Å². The monoisotopic (exact) mass is 262 g/mol. The van der Waals surface area contributed by atoms with Crippen LogP contribution in [0, 0.1) is 0 Å². The molecule has 5 nitrogen and oxygen atoms in total. The van der Waals surface area contributed by atoms with Gasteiger partial charge in [-0.05, 0) is 6.92 Å². The van der Waals surface area contributed by atoms with Crippen LogP contribution >= 0.6 is 11.8 Å². The standard InChI is InChI=1S/C12H14N4OS/c1-8(10(13)17)18-12-15-14-11(16(12)2)9-6-4-3-5-7-9/h3-8H,1-2H3,(H2,13,17). The molecule has 1 amide bonds. The molecule has 2 aromatic rings. The van der Waals surface area contributed by atoms with Crippen molar-refractivity contribution in [3.8, 4) is 11.4 Å².